The molecule has 14 heavy (non-hydrogen) atoms. The molecular weight excluding hydrogens is 204 g/mol. The molecule has 1 aromatic carbocycles. The summed E-state index contributed by atoms with van der Waals surface area (Å²) in [4.78, 5) is 14.1. The second-order valence-electron chi connectivity index (χ2n) is 2.73. The van der Waals surface area contributed by atoms with Gasteiger partial charge in [-0.25, -0.2) is 9.79 Å². The Balaban J connectivity index is 3.13. The van der Waals surface area contributed by atoms with Crippen LogP contribution in [0.4, 0.5) is 5.69 Å². The highest BCUT2D eigenvalue weighted by Gasteiger charge is 2.04. The van der Waals surface area contributed by atoms with Crippen LogP contribution in [0.1, 0.15) is 5.56 Å². The summed E-state index contributed by atoms with van der Waals surface area (Å²) < 4.78 is 0. The number of hydrogen-bond acceptors (Lipinski definition) is 2. The van der Waals surface area contributed by atoms with Crippen molar-refractivity contribution in [3.05, 3.63) is 28.8 Å². The van der Waals surface area contributed by atoms with Crippen LogP contribution >= 0.6 is 11.6 Å². The Kier molecular flexibility index (Phi) is 3.09. The second-order valence-corrected chi connectivity index (χ2v) is 3.17. The van der Waals surface area contributed by atoms with Crippen LogP contribution in [0.25, 0.3) is 0 Å². The van der Waals surface area contributed by atoms with Gasteiger partial charge in [0.05, 0.1) is 5.69 Å². The standard InChI is InChI=1S/C9H9ClN2O2/c1-5-2-3-6(10)4-7(5)12-8(11)9(13)14/h2-4H,1H3,(H2,11,12)(H,13,14). The van der Waals surface area contributed by atoms with Crippen molar-refractivity contribution in [3.63, 3.8) is 0 Å². The van der Waals surface area contributed by atoms with E-state index >= 15 is 0 Å². The Hall–Kier alpha value is -1.55. The summed E-state index contributed by atoms with van der Waals surface area (Å²) in [6.07, 6.45) is 0. The summed E-state index contributed by atoms with van der Waals surface area (Å²) in [5.74, 6) is -1.69. The molecule has 0 aliphatic rings. The van der Waals surface area contributed by atoms with Gasteiger partial charge in [-0.2, -0.15) is 0 Å². The molecule has 1 aromatic rings. The molecule has 0 saturated carbocycles. The lowest BCUT2D eigenvalue weighted by molar-refractivity contribution is -0.129. The number of aliphatic carboxylic acids is 1. The predicted octanol–water partition coefficient (Wildman–Crippen LogP) is 1.72. The van der Waals surface area contributed by atoms with Crippen LogP contribution in [0.15, 0.2) is 23.2 Å². The van der Waals surface area contributed by atoms with Gasteiger partial charge in [0.15, 0.2) is 0 Å². The summed E-state index contributed by atoms with van der Waals surface area (Å²) in [6, 6.07) is 5.01. The van der Waals surface area contributed by atoms with E-state index in [-0.39, 0.29) is 0 Å². The minimum atomic E-state index is -1.25. The smallest absolute Gasteiger partial charge is 0.371 e. The summed E-state index contributed by atoms with van der Waals surface area (Å²) in [5, 5.41) is 9.01. The van der Waals surface area contributed by atoms with Crippen LogP contribution in [-0.4, -0.2) is 16.9 Å². The number of amidine groups is 1. The fraction of sp³-hybridized carbons (Fsp3) is 0.111. The van der Waals surface area contributed by atoms with E-state index in [4.69, 9.17) is 22.4 Å². The fourth-order valence-electron chi connectivity index (χ4n) is 0.881. The third-order valence-electron chi connectivity index (χ3n) is 1.63. The highest BCUT2D eigenvalue weighted by atomic mass is 35.5. The molecule has 0 heterocycles. The highest BCUT2D eigenvalue weighted by molar-refractivity contribution is 6.34. The van der Waals surface area contributed by atoms with E-state index in [1.54, 1.807) is 25.1 Å². The molecule has 0 aromatic heterocycles. The van der Waals surface area contributed by atoms with Gasteiger partial charge in [0.2, 0.25) is 5.84 Å². The van der Waals surface area contributed by atoms with Crippen LogP contribution < -0.4 is 5.73 Å². The van der Waals surface area contributed by atoms with Gasteiger partial charge in [0.25, 0.3) is 0 Å². The molecule has 3 N–H and O–H groups in total. The average molecular weight is 213 g/mol. The maximum Gasteiger partial charge on any atom is 0.371 e. The SMILES string of the molecule is Cc1ccc(Cl)cc1N=C(N)C(=O)O. The molecule has 0 saturated heterocycles. The first-order chi connectivity index (χ1) is 6.50. The summed E-state index contributed by atoms with van der Waals surface area (Å²) in [7, 11) is 0. The maximum absolute atomic E-state index is 10.4. The topological polar surface area (TPSA) is 75.7 Å². The first-order valence-corrected chi connectivity index (χ1v) is 4.22. The Labute approximate surface area is 86.0 Å². The molecule has 5 heteroatoms. The van der Waals surface area contributed by atoms with Crippen molar-refractivity contribution in [2.24, 2.45) is 10.7 Å². The predicted molar refractivity (Wildman–Crippen MR) is 55.1 cm³/mol. The van der Waals surface area contributed by atoms with E-state index in [1.807, 2.05) is 0 Å². The minimum absolute atomic E-state index is 0.449. The van der Waals surface area contributed by atoms with Crippen molar-refractivity contribution in [3.8, 4) is 0 Å². The molecule has 74 valence electrons. The molecule has 0 aliphatic carbocycles. The van der Waals surface area contributed by atoms with Crippen LogP contribution in [0, 0.1) is 6.92 Å². The lowest BCUT2D eigenvalue weighted by atomic mass is 10.2. The number of nitrogens with two attached hydrogens (primary N) is 1. The van der Waals surface area contributed by atoms with Gasteiger partial charge < -0.3 is 10.8 Å². The number of halogens is 1. The van der Waals surface area contributed by atoms with Crippen LogP contribution in [0.3, 0.4) is 0 Å². The largest absolute Gasteiger partial charge is 0.475 e. The normalized spacial score (nSPS) is 11.4. The number of nitrogens with zero attached hydrogens (tertiary/aromatic N) is 1. The Morgan fingerprint density at radius 3 is 2.79 bits per heavy atom. The van der Waals surface area contributed by atoms with Gasteiger partial charge >= 0.3 is 5.97 Å². The molecule has 0 aliphatic heterocycles. The zero-order valence-corrected chi connectivity index (χ0v) is 8.25. The Morgan fingerprint density at radius 2 is 2.21 bits per heavy atom. The number of carboxylic acid groups (broad SMARTS) is 1. The van der Waals surface area contributed by atoms with Crippen LogP contribution in [-0.2, 0) is 4.79 Å². The molecule has 4 nitrogen and oxygen atoms in total. The first kappa shape index (κ1) is 10.5. The Bertz CT molecular complexity index is 402. The van der Waals surface area contributed by atoms with Gasteiger partial charge in [0.1, 0.15) is 0 Å². The molecule has 0 radical (unpaired) electrons. The molecule has 0 atom stereocenters. The second kappa shape index (κ2) is 4.11. The van der Waals surface area contributed by atoms with Crippen molar-refractivity contribution >= 4 is 29.1 Å². The average Bonchev–Trinajstić information content (AvgIpc) is 2.11. The number of hydrogen-bond donors (Lipinski definition) is 2. The van der Waals surface area contributed by atoms with Gasteiger partial charge in [-0.3, -0.25) is 0 Å². The van der Waals surface area contributed by atoms with Crippen molar-refractivity contribution < 1.29 is 9.90 Å². The van der Waals surface area contributed by atoms with E-state index < -0.39 is 11.8 Å². The molecule has 0 spiro atoms. The molecule has 0 amide bonds. The van der Waals surface area contributed by atoms with Crippen LogP contribution in [0.2, 0.25) is 5.02 Å². The highest BCUT2D eigenvalue weighted by Crippen LogP contribution is 2.22. The third kappa shape index (κ3) is 2.47. The van der Waals surface area contributed by atoms with E-state index in [0.717, 1.165) is 5.56 Å². The number of benzene rings is 1. The number of carbonyl (C=O) groups is 1. The third-order valence-corrected chi connectivity index (χ3v) is 1.87. The van der Waals surface area contributed by atoms with E-state index in [9.17, 15) is 4.79 Å². The fourth-order valence-corrected chi connectivity index (χ4v) is 1.05. The molecular formula is C9H9ClN2O2. The van der Waals surface area contributed by atoms with Gasteiger partial charge in [-0.1, -0.05) is 17.7 Å². The summed E-state index contributed by atoms with van der Waals surface area (Å²) in [5.41, 5.74) is 6.46. The van der Waals surface area contributed by atoms with Crippen molar-refractivity contribution in [1.29, 1.82) is 0 Å². The summed E-state index contributed by atoms with van der Waals surface area (Å²) >= 11 is 5.72. The number of rotatable bonds is 1. The summed E-state index contributed by atoms with van der Waals surface area (Å²) in [6.45, 7) is 1.80. The lowest BCUT2D eigenvalue weighted by Crippen LogP contribution is -2.22. The van der Waals surface area contributed by atoms with Gasteiger partial charge in [0, 0.05) is 5.02 Å². The molecule has 1 rings (SSSR count). The maximum atomic E-state index is 10.4. The van der Waals surface area contributed by atoms with E-state index in [1.165, 1.54) is 0 Å². The van der Waals surface area contributed by atoms with Crippen LogP contribution in [0.5, 0.6) is 0 Å². The zero-order valence-electron chi connectivity index (χ0n) is 7.49. The molecule has 0 unspecified atom stereocenters. The molecule has 0 fully saturated rings. The van der Waals surface area contributed by atoms with Gasteiger partial charge in [-0.15, -0.1) is 0 Å². The zero-order chi connectivity index (χ0) is 10.7. The Morgan fingerprint density at radius 1 is 1.57 bits per heavy atom. The number of aryl methyl sites for hydroxylation is 1. The monoisotopic (exact) mass is 212 g/mol. The quantitative estimate of drug-likeness (QED) is 0.550. The number of carboxylic acids is 1. The lowest BCUT2D eigenvalue weighted by Gasteiger charge is -2.00. The number of aliphatic imine (C=N–C) groups is 1. The van der Waals surface area contributed by atoms with Crippen molar-refractivity contribution in [2.45, 2.75) is 6.92 Å². The van der Waals surface area contributed by atoms with Gasteiger partial charge in [-0.05, 0) is 24.6 Å². The minimum Gasteiger partial charge on any atom is -0.475 e. The van der Waals surface area contributed by atoms with Crippen molar-refractivity contribution in [2.75, 3.05) is 0 Å². The van der Waals surface area contributed by atoms with E-state index in [0.29, 0.717) is 10.7 Å². The van der Waals surface area contributed by atoms with E-state index in [2.05, 4.69) is 4.99 Å². The van der Waals surface area contributed by atoms with Crippen molar-refractivity contribution in [1.82, 2.24) is 0 Å². The first-order valence-electron chi connectivity index (χ1n) is 3.84. The molecule has 0 bridgehead atoms.